The minimum atomic E-state index is 0.315. The molecule has 0 aromatic heterocycles. The van der Waals surface area contributed by atoms with Gasteiger partial charge in [0.25, 0.3) is 0 Å². The van der Waals surface area contributed by atoms with Gasteiger partial charge in [-0.15, -0.1) is 11.6 Å². The van der Waals surface area contributed by atoms with E-state index in [1.165, 1.54) is 0 Å². The summed E-state index contributed by atoms with van der Waals surface area (Å²) >= 11 is 5.84. The Balaban J connectivity index is 3.34. The average Bonchev–Trinajstić information content (AvgIpc) is 1.58. The van der Waals surface area contributed by atoms with Crippen LogP contribution in [0.4, 0.5) is 0 Å². The summed E-state index contributed by atoms with van der Waals surface area (Å²) in [5.41, 5.74) is 0. The second-order valence-electron chi connectivity index (χ2n) is 3.38. The highest BCUT2D eigenvalue weighted by Crippen LogP contribution is 2.10. The van der Waals surface area contributed by atoms with Crippen molar-refractivity contribution < 1.29 is 0 Å². The monoisotopic (exact) mass is 163 g/mol. The van der Waals surface area contributed by atoms with Crippen molar-refractivity contribution in [3.63, 3.8) is 0 Å². The molecule has 0 aromatic carbocycles. The van der Waals surface area contributed by atoms with Gasteiger partial charge in [-0.25, -0.2) is 0 Å². The third-order valence-corrected chi connectivity index (χ3v) is 1.58. The second-order valence-corrected chi connectivity index (χ2v) is 4.13. The highest BCUT2D eigenvalue weighted by Gasteiger charge is 2.06. The van der Waals surface area contributed by atoms with Crippen LogP contribution in [-0.2, 0) is 0 Å². The van der Waals surface area contributed by atoms with Gasteiger partial charge in [0.15, 0.2) is 0 Å². The maximum atomic E-state index is 5.84. The molecule has 1 unspecified atom stereocenters. The third kappa shape index (κ3) is 6.37. The molecule has 0 spiro atoms. The van der Waals surface area contributed by atoms with Gasteiger partial charge < -0.3 is 4.90 Å². The molecule has 62 valence electrons. The molecule has 2 heteroatoms. The van der Waals surface area contributed by atoms with E-state index in [2.05, 4.69) is 25.9 Å². The van der Waals surface area contributed by atoms with E-state index in [0.29, 0.717) is 11.3 Å². The van der Waals surface area contributed by atoms with Crippen molar-refractivity contribution in [2.75, 3.05) is 20.6 Å². The van der Waals surface area contributed by atoms with Crippen molar-refractivity contribution in [2.45, 2.75) is 25.6 Å². The highest BCUT2D eigenvalue weighted by atomic mass is 35.5. The van der Waals surface area contributed by atoms with E-state index in [4.69, 9.17) is 11.6 Å². The topological polar surface area (TPSA) is 3.24 Å². The van der Waals surface area contributed by atoms with E-state index >= 15 is 0 Å². The second kappa shape index (κ2) is 4.97. The quantitative estimate of drug-likeness (QED) is 0.575. The zero-order valence-corrected chi connectivity index (χ0v) is 8.15. The van der Waals surface area contributed by atoms with Crippen LogP contribution in [0.15, 0.2) is 0 Å². The predicted octanol–water partition coefficient (Wildman–Crippen LogP) is 2.20. The van der Waals surface area contributed by atoms with Gasteiger partial charge in [0.1, 0.15) is 0 Å². The number of nitrogens with zero attached hydrogens (tertiary/aromatic N) is 1. The molecule has 0 saturated carbocycles. The summed E-state index contributed by atoms with van der Waals surface area (Å²) < 4.78 is 0. The molecular formula is C8H18ClN. The number of hydrogen-bond donors (Lipinski definition) is 0. The highest BCUT2D eigenvalue weighted by molar-refractivity contribution is 6.20. The van der Waals surface area contributed by atoms with E-state index in [-0.39, 0.29) is 0 Å². The molecule has 0 saturated heterocycles. The van der Waals surface area contributed by atoms with Crippen molar-refractivity contribution in [3.05, 3.63) is 0 Å². The summed E-state index contributed by atoms with van der Waals surface area (Å²) in [6.45, 7) is 5.42. The Kier molecular flexibility index (Phi) is 5.10. The largest absolute Gasteiger partial charge is 0.309 e. The first-order valence-corrected chi connectivity index (χ1v) is 4.24. The van der Waals surface area contributed by atoms with Crippen molar-refractivity contribution >= 4 is 11.6 Å². The Bertz CT molecular complexity index is 71.3. The Morgan fingerprint density at radius 1 is 1.30 bits per heavy atom. The van der Waals surface area contributed by atoms with Gasteiger partial charge in [0.05, 0.1) is 0 Å². The van der Waals surface area contributed by atoms with E-state index in [0.717, 1.165) is 13.0 Å². The minimum Gasteiger partial charge on any atom is -0.309 e. The smallest absolute Gasteiger partial charge is 0.0310 e. The van der Waals surface area contributed by atoms with Crippen LogP contribution in [0, 0.1) is 5.92 Å². The molecule has 0 rings (SSSR count). The Labute approximate surface area is 69.4 Å². The molecule has 0 bridgehead atoms. The molecule has 2 atom stereocenters. The van der Waals surface area contributed by atoms with Crippen LogP contribution in [0.1, 0.15) is 20.3 Å². The summed E-state index contributed by atoms with van der Waals surface area (Å²) in [6.07, 6.45) is 1.11. The normalized spacial score (nSPS) is 17.4. The van der Waals surface area contributed by atoms with E-state index < -0.39 is 0 Å². The Morgan fingerprint density at radius 2 is 1.80 bits per heavy atom. The molecule has 0 N–H and O–H groups in total. The van der Waals surface area contributed by atoms with Crippen molar-refractivity contribution in [2.24, 2.45) is 5.92 Å². The maximum Gasteiger partial charge on any atom is 0.0310 e. The van der Waals surface area contributed by atoms with Gasteiger partial charge in [-0.05, 0) is 33.4 Å². The Morgan fingerprint density at radius 3 is 2.10 bits per heavy atom. The van der Waals surface area contributed by atoms with Crippen LogP contribution in [-0.4, -0.2) is 30.9 Å². The molecular weight excluding hydrogens is 146 g/mol. The van der Waals surface area contributed by atoms with Crippen LogP contribution < -0.4 is 0 Å². The third-order valence-electron chi connectivity index (χ3n) is 1.40. The molecule has 0 radical (unpaired) electrons. The number of rotatable bonds is 4. The number of alkyl halides is 1. The van der Waals surface area contributed by atoms with Crippen molar-refractivity contribution in [1.82, 2.24) is 4.90 Å². The molecule has 0 aliphatic rings. The van der Waals surface area contributed by atoms with Crippen molar-refractivity contribution in [3.8, 4) is 0 Å². The predicted molar refractivity (Wildman–Crippen MR) is 47.7 cm³/mol. The number of halogens is 1. The summed E-state index contributed by atoms with van der Waals surface area (Å²) in [4.78, 5) is 2.20. The summed E-state index contributed by atoms with van der Waals surface area (Å²) in [5.74, 6) is 0.711. The molecule has 0 heterocycles. The lowest BCUT2D eigenvalue weighted by Crippen LogP contribution is -2.21. The lowest BCUT2D eigenvalue weighted by Gasteiger charge is -2.17. The SMILES string of the molecule is CC(Cl)C[C@@H](C)CN(C)C. The standard InChI is InChI=1S/C8H18ClN/c1-7(5-8(2)9)6-10(3)4/h7-8H,5-6H2,1-4H3/t7-,8?/m1/s1. The first-order chi connectivity index (χ1) is 4.52. The molecule has 0 aliphatic heterocycles. The molecule has 1 nitrogen and oxygen atoms in total. The maximum absolute atomic E-state index is 5.84. The lowest BCUT2D eigenvalue weighted by molar-refractivity contribution is 0.327. The van der Waals surface area contributed by atoms with Gasteiger partial charge in [-0.3, -0.25) is 0 Å². The van der Waals surface area contributed by atoms with Gasteiger partial charge >= 0.3 is 0 Å². The summed E-state index contributed by atoms with van der Waals surface area (Å²) in [6, 6.07) is 0. The van der Waals surface area contributed by atoms with Crippen molar-refractivity contribution in [1.29, 1.82) is 0 Å². The fourth-order valence-corrected chi connectivity index (χ4v) is 1.56. The van der Waals surface area contributed by atoms with E-state index in [9.17, 15) is 0 Å². The molecule has 0 fully saturated rings. The summed E-state index contributed by atoms with van der Waals surface area (Å²) in [5, 5.41) is 0.315. The fraction of sp³-hybridized carbons (Fsp3) is 1.00. The van der Waals surface area contributed by atoms with E-state index in [1.54, 1.807) is 0 Å². The van der Waals surface area contributed by atoms with Crippen LogP contribution >= 0.6 is 11.6 Å². The van der Waals surface area contributed by atoms with Gasteiger partial charge in [0, 0.05) is 11.9 Å². The average molecular weight is 164 g/mol. The van der Waals surface area contributed by atoms with Crippen LogP contribution in [0.5, 0.6) is 0 Å². The molecule has 0 aromatic rings. The van der Waals surface area contributed by atoms with E-state index in [1.807, 2.05) is 6.92 Å². The molecule has 0 amide bonds. The first kappa shape index (κ1) is 10.2. The Hall–Kier alpha value is 0.250. The van der Waals surface area contributed by atoms with Crippen LogP contribution in [0.3, 0.4) is 0 Å². The van der Waals surface area contributed by atoms with Crippen LogP contribution in [0.25, 0.3) is 0 Å². The lowest BCUT2D eigenvalue weighted by atomic mass is 10.1. The van der Waals surface area contributed by atoms with Crippen LogP contribution in [0.2, 0.25) is 0 Å². The summed E-state index contributed by atoms with van der Waals surface area (Å²) in [7, 11) is 4.19. The van der Waals surface area contributed by atoms with Gasteiger partial charge in [-0.2, -0.15) is 0 Å². The van der Waals surface area contributed by atoms with Gasteiger partial charge in [-0.1, -0.05) is 6.92 Å². The number of hydrogen-bond acceptors (Lipinski definition) is 1. The molecule has 0 aliphatic carbocycles. The minimum absolute atomic E-state index is 0.315. The molecule has 10 heavy (non-hydrogen) atoms. The van der Waals surface area contributed by atoms with Gasteiger partial charge in [0.2, 0.25) is 0 Å². The zero-order valence-electron chi connectivity index (χ0n) is 7.39. The zero-order chi connectivity index (χ0) is 8.15. The fourth-order valence-electron chi connectivity index (χ4n) is 1.25. The first-order valence-electron chi connectivity index (χ1n) is 3.81.